The molecule has 2 aromatic rings. The normalized spacial score (nSPS) is 14.8. The largest absolute Gasteiger partial charge is 0.489 e. The zero-order valence-corrected chi connectivity index (χ0v) is 13.9. The van der Waals surface area contributed by atoms with Gasteiger partial charge in [0.2, 0.25) is 0 Å². The van der Waals surface area contributed by atoms with Crippen LogP contribution < -0.4 is 9.04 Å². The topological polar surface area (TPSA) is 46.6 Å². The number of halogens is 1. The average molecular weight is 374 g/mol. The second-order valence-corrected chi connectivity index (χ2v) is 8.87. The number of nitrogens with zero attached hydrogens (tertiary/aromatic N) is 1. The second kappa shape index (κ2) is 5.05. The number of ether oxygens (including phenoxy) is 1. The SMILES string of the molecule is Cc1cc(S(=O)(=O)N2CCOc3ccccc32)sc1Br. The number of aryl methyl sites for hydroxylation is 1. The molecule has 1 aromatic heterocycles. The highest BCUT2D eigenvalue weighted by Crippen LogP contribution is 2.38. The number of fused-ring (bicyclic) bond motifs is 1. The summed E-state index contributed by atoms with van der Waals surface area (Å²) in [4.78, 5) is 0. The van der Waals surface area contributed by atoms with Gasteiger partial charge in [-0.3, -0.25) is 4.31 Å². The Labute approximate surface area is 130 Å². The molecule has 0 fully saturated rings. The van der Waals surface area contributed by atoms with Gasteiger partial charge < -0.3 is 4.74 Å². The molecule has 0 saturated heterocycles. The Kier molecular flexibility index (Phi) is 3.51. The minimum Gasteiger partial charge on any atom is -0.489 e. The first-order chi connectivity index (χ1) is 9.50. The maximum absolute atomic E-state index is 12.8. The first kappa shape index (κ1) is 13.9. The fraction of sp³-hybridized carbons (Fsp3) is 0.231. The van der Waals surface area contributed by atoms with Crippen LogP contribution in [-0.2, 0) is 10.0 Å². The first-order valence-corrected chi connectivity index (χ1v) is 9.05. The standard InChI is InChI=1S/C13H12BrNO3S2/c1-9-8-12(19-13(9)14)20(16,17)15-6-7-18-11-5-3-2-4-10(11)15/h2-5,8H,6-7H2,1H3. The van der Waals surface area contributed by atoms with E-state index in [1.165, 1.54) is 15.6 Å². The molecule has 7 heteroatoms. The van der Waals surface area contributed by atoms with Crippen LogP contribution in [0, 0.1) is 6.92 Å². The lowest BCUT2D eigenvalue weighted by Gasteiger charge is -2.29. The molecule has 2 heterocycles. The molecule has 3 rings (SSSR count). The minimum absolute atomic E-state index is 0.327. The lowest BCUT2D eigenvalue weighted by Crippen LogP contribution is -2.37. The molecule has 0 bridgehead atoms. The zero-order valence-electron chi connectivity index (χ0n) is 10.7. The van der Waals surface area contributed by atoms with Gasteiger partial charge in [-0.15, -0.1) is 11.3 Å². The third-order valence-electron chi connectivity index (χ3n) is 3.06. The van der Waals surface area contributed by atoms with Gasteiger partial charge >= 0.3 is 0 Å². The van der Waals surface area contributed by atoms with E-state index in [1.54, 1.807) is 18.2 Å². The molecule has 0 radical (unpaired) electrons. The van der Waals surface area contributed by atoms with Gasteiger partial charge in [0.25, 0.3) is 10.0 Å². The molecule has 1 aromatic carbocycles. The second-order valence-electron chi connectivity index (χ2n) is 4.42. The summed E-state index contributed by atoms with van der Waals surface area (Å²) >= 11 is 4.61. The third kappa shape index (κ3) is 2.23. The van der Waals surface area contributed by atoms with Crippen molar-refractivity contribution in [3.05, 3.63) is 39.7 Å². The number of sulfonamides is 1. The van der Waals surface area contributed by atoms with E-state index < -0.39 is 10.0 Å². The molecular formula is C13H12BrNO3S2. The Hall–Kier alpha value is -1.05. The fourth-order valence-electron chi connectivity index (χ4n) is 2.06. The molecule has 1 aliphatic rings. The number of thiophene rings is 1. The van der Waals surface area contributed by atoms with Crippen molar-refractivity contribution in [2.75, 3.05) is 17.5 Å². The Morgan fingerprint density at radius 3 is 2.80 bits per heavy atom. The number of hydrogen-bond acceptors (Lipinski definition) is 4. The van der Waals surface area contributed by atoms with E-state index >= 15 is 0 Å². The van der Waals surface area contributed by atoms with Crippen molar-refractivity contribution in [1.82, 2.24) is 0 Å². The number of para-hydroxylation sites is 2. The lowest BCUT2D eigenvalue weighted by atomic mass is 10.2. The van der Waals surface area contributed by atoms with E-state index in [0.29, 0.717) is 28.8 Å². The Bertz CT molecular complexity index is 735. The molecule has 0 amide bonds. The van der Waals surface area contributed by atoms with Gasteiger partial charge in [0.1, 0.15) is 16.6 Å². The maximum Gasteiger partial charge on any atom is 0.274 e. The molecule has 0 aliphatic carbocycles. The van der Waals surface area contributed by atoms with Crippen LogP contribution in [0.25, 0.3) is 0 Å². The molecule has 0 atom stereocenters. The Balaban J connectivity index is 2.09. The van der Waals surface area contributed by atoms with Crippen molar-refractivity contribution >= 4 is 43.0 Å². The molecule has 1 aliphatic heterocycles. The minimum atomic E-state index is -3.54. The summed E-state index contributed by atoms with van der Waals surface area (Å²) in [5.74, 6) is 0.606. The average Bonchev–Trinajstić information content (AvgIpc) is 2.79. The van der Waals surface area contributed by atoms with Crippen LogP contribution in [0.1, 0.15) is 5.56 Å². The Morgan fingerprint density at radius 1 is 1.35 bits per heavy atom. The Morgan fingerprint density at radius 2 is 2.10 bits per heavy atom. The highest BCUT2D eigenvalue weighted by molar-refractivity contribution is 9.11. The molecule has 0 spiro atoms. The maximum atomic E-state index is 12.8. The third-order valence-corrected chi connectivity index (χ3v) is 7.46. The summed E-state index contributed by atoms with van der Waals surface area (Å²) in [6, 6.07) is 8.89. The summed E-state index contributed by atoms with van der Waals surface area (Å²) in [5.41, 5.74) is 1.52. The summed E-state index contributed by atoms with van der Waals surface area (Å²) in [6.45, 7) is 2.57. The smallest absolute Gasteiger partial charge is 0.274 e. The van der Waals surface area contributed by atoms with Gasteiger partial charge in [-0.2, -0.15) is 0 Å². The van der Waals surface area contributed by atoms with Crippen molar-refractivity contribution in [3.8, 4) is 5.75 Å². The lowest BCUT2D eigenvalue weighted by molar-refractivity contribution is 0.316. The summed E-state index contributed by atoms with van der Waals surface area (Å²) in [5, 5.41) is 0. The number of hydrogen-bond donors (Lipinski definition) is 0. The van der Waals surface area contributed by atoms with Crippen LogP contribution in [0.4, 0.5) is 5.69 Å². The van der Waals surface area contributed by atoms with Gasteiger partial charge in [0.05, 0.1) is 16.0 Å². The van der Waals surface area contributed by atoms with Crippen LogP contribution in [0.15, 0.2) is 38.3 Å². The molecule has 4 nitrogen and oxygen atoms in total. The van der Waals surface area contributed by atoms with E-state index in [9.17, 15) is 8.42 Å². The van der Waals surface area contributed by atoms with E-state index in [4.69, 9.17) is 4.74 Å². The monoisotopic (exact) mass is 373 g/mol. The van der Waals surface area contributed by atoms with Crippen molar-refractivity contribution in [2.45, 2.75) is 11.1 Å². The summed E-state index contributed by atoms with van der Waals surface area (Å²) < 4.78 is 33.7. The van der Waals surface area contributed by atoms with Crippen molar-refractivity contribution in [2.24, 2.45) is 0 Å². The summed E-state index contributed by atoms with van der Waals surface area (Å²) in [7, 11) is -3.54. The van der Waals surface area contributed by atoms with Crippen LogP contribution in [0.3, 0.4) is 0 Å². The van der Waals surface area contributed by atoms with E-state index in [0.717, 1.165) is 9.35 Å². The van der Waals surface area contributed by atoms with Gasteiger partial charge in [0, 0.05) is 0 Å². The fourth-order valence-corrected chi connectivity index (χ4v) is 5.86. The van der Waals surface area contributed by atoms with Crippen LogP contribution in [-0.4, -0.2) is 21.6 Å². The van der Waals surface area contributed by atoms with Crippen LogP contribution >= 0.6 is 27.3 Å². The van der Waals surface area contributed by atoms with Crippen molar-refractivity contribution in [3.63, 3.8) is 0 Å². The molecule has 106 valence electrons. The highest BCUT2D eigenvalue weighted by Gasteiger charge is 2.31. The van der Waals surface area contributed by atoms with Crippen molar-refractivity contribution in [1.29, 1.82) is 0 Å². The van der Waals surface area contributed by atoms with E-state index in [-0.39, 0.29) is 0 Å². The molecule has 20 heavy (non-hydrogen) atoms. The predicted molar refractivity (Wildman–Crippen MR) is 83.2 cm³/mol. The van der Waals surface area contributed by atoms with Gasteiger partial charge in [0.15, 0.2) is 0 Å². The molecular weight excluding hydrogens is 362 g/mol. The molecule has 0 N–H and O–H groups in total. The highest BCUT2D eigenvalue weighted by atomic mass is 79.9. The van der Waals surface area contributed by atoms with Gasteiger partial charge in [-0.25, -0.2) is 8.42 Å². The molecule has 0 saturated carbocycles. The number of anilines is 1. The van der Waals surface area contributed by atoms with Crippen LogP contribution in [0.5, 0.6) is 5.75 Å². The van der Waals surface area contributed by atoms with Gasteiger partial charge in [-0.05, 0) is 46.6 Å². The molecule has 0 unspecified atom stereocenters. The van der Waals surface area contributed by atoms with Crippen LogP contribution in [0.2, 0.25) is 0 Å². The van der Waals surface area contributed by atoms with Crippen molar-refractivity contribution < 1.29 is 13.2 Å². The number of benzene rings is 1. The zero-order chi connectivity index (χ0) is 14.3. The van der Waals surface area contributed by atoms with Gasteiger partial charge in [-0.1, -0.05) is 12.1 Å². The summed E-state index contributed by atoms with van der Waals surface area (Å²) in [6.07, 6.45) is 0. The predicted octanol–water partition coefficient (Wildman–Crippen LogP) is 3.41. The van der Waals surface area contributed by atoms with E-state index in [2.05, 4.69) is 15.9 Å². The van der Waals surface area contributed by atoms with E-state index in [1.807, 2.05) is 19.1 Å². The quantitative estimate of drug-likeness (QED) is 0.810. The first-order valence-electron chi connectivity index (χ1n) is 6.00. The number of rotatable bonds is 2.